The minimum atomic E-state index is -0.839. The number of fused-ring (bicyclic) bond motifs is 2. The Labute approximate surface area is 189 Å². The van der Waals surface area contributed by atoms with Crippen molar-refractivity contribution in [1.29, 1.82) is 0 Å². The van der Waals surface area contributed by atoms with Gasteiger partial charge in [0.05, 0.1) is 34.9 Å². The quantitative estimate of drug-likeness (QED) is 0.413. The fourth-order valence-corrected chi connectivity index (χ4v) is 5.37. The van der Waals surface area contributed by atoms with Crippen molar-refractivity contribution >= 4 is 39.6 Å². The van der Waals surface area contributed by atoms with Crippen LogP contribution in [0, 0.1) is 24.2 Å². The molecule has 172 valence electrons. The van der Waals surface area contributed by atoms with Crippen LogP contribution in [0.25, 0.3) is 10.4 Å². The van der Waals surface area contributed by atoms with Gasteiger partial charge >= 0.3 is 11.9 Å². The molecule has 0 spiro atoms. The van der Waals surface area contributed by atoms with Crippen molar-refractivity contribution in [1.82, 2.24) is 14.3 Å². The van der Waals surface area contributed by atoms with Crippen LogP contribution in [0.5, 0.6) is 0 Å². The molecule has 2 aromatic rings. The summed E-state index contributed by atoms with van der Waals surface area (Å²) in [5.74, 6) is -2.38. The monoisotopic (exact) mass is 461 g/mol. The number of aryl methyl sites for hydroxylation is 1. The molecule has 10 heteroatoms. The number of amides is 1. The Kier molecular flexibility index (Phi) is 5.41. The summed E-state index contributed by atoms with van der Waals surface area (Å²) in [5, 5.41) is 12.1. The molecule has 4 rings (SSSR count). The molecule has 2 aromatic heterocycles. The highest BCUT2D eigenvalue weighted by atomic mass is 32.1. The molecule has 4 heterocycles. The maximum absolute atomic E-state index is 13.1. The Bertz CT molecular complexity index is 1140. The van der Waals surface area contributed by atoms with Crippen LogP contribution in [0.15, 0.2) is 17.4 Å². The summed E-state index contributed by atoms with van der Waals surface area (Å²) < 4.78 is 12.2. The summed E-state index contributed by atoms with van der Waals surface area (Å²) in [6, 6.07) is -0.350. The van der Waals surface area contributed by atoms with E-state index >= 15 is 0 Å². The number of aliphatic hydroxyl groups excluding tert-OH is 1. The van der Waals surface area contributed by atoms with Crippen LogP contribution in [0.4, 0.5) is 0 Å². The molecule has 0 aromatic carbocycles. The number of hydrogen-bond donors (Lipinski definition) is 1. The molecule has 2 aliphatic heterocycles. The van der Waals surface area contributed by atoms with Gasteiger partial charge < -0.3 is 19.5 Å². The van der Waals surface area contributed by atoms with E-state index in [1.54, 1.807) is 34.0 Å². The second kappa shape index (κ2) is 7.70. The fraction of sp³-hybridized carbons (Fsp3) is 0.545. The number of ether oxygens (including phenoxy) is 2. The van der Waals surface area contributed by atoms with Gasteiger partial charge in [-0.1, -0.05) is 6.92 Å². The lowest BCUT2D eigenvalue weighted by Crippen LogP contribution is -2.63. The van der Waals surface area contributed by atoms with Crippen LogP contribution in [-0.2, 0) is 23.9 Å². The van der Waals surface area contributed by atoms with Crippen molar-refractivity contribution in [2.45, 2.75) is 53.7 Å². The van der Waals surface area contributed by atoms with E-state index in [1.807, 2.05) is 23.6 Å². The van der Waals surface area contributed by atoms with Gasteiger partial charge in [0.15, 0.2) is 0 Å². The lowest BCUT2D eigenvalue weighted by molar-refractivity contribution is -0.175. The summed E-state index contributed by atoms with van der Waals surface area (Å²) in [6.45, 7) is 9.97. The zero-order valence-corrected chi connectivity index (χ0v) is 19.7. The van der Waals surface area contributed by atoms with Gasteiger partial charge in [-0.25, -0.2) is 9.78 Å². The molecule has 1 amide bonds. The number of imidazole rings is 1. The van der Waals surface area contributed by atoms with Crippen LogP contribution >= 0.6 is 11.3 Å². The van der Waals surface area contributed by atoms with Gasteiger partial charge in [0.1, 0.15) is 16.9 Å². The molecule has 2 aliphatic rings. The van der Waals surface area contributed by atoms with Gasteiger partial charge in [0.2, 0.25) is 12.7 Å². The van der Waals surface area contributed by atoms with E-state index in [0.29, 0.717) is 5.57 Å². The lowest BCUT2D eigenvalue weighted by Gasteiger charge is -2.46. The number of carbonyl (C=O) groups excluding carboxylic acids is 3. The lowest BCUT2D eigenvalue weighted by atomic mass is 9.77. The Morgan fingerprint density at radius 3 is 2.62 bits per heavy atom. The topological polar surface area (TPSA) is 110 Å². The third-order valence-electron chi connectivity index (χ3n) is 6.07. The largest absolute Gasteiger partial charge is 0.427 e. The van der Waals surface area contributed by atoms with Crippen LogP contribution in [-0.4, -0.2) is 56.2 Å². The number of nitrogens with zero attached hydrogens (tertiary/aromatic N) is 3. The number of hydrogen-bond acceptors (Lipinski definition) is 8. The Balaban J connectivity index is 1.70. The highest BCUT2D eigenvalue weighted by Gasteiger charge is 2.60. The molecule has 1 N–H and O–H groups in total. The van der Waals surface area contributed by atoms with E-state index in [1.165, 1.54) is 16.2 Å². The second-order valence-corrected chi connectivity index (χ2v) is 10.2. The summed E-state index contributed by atoms with van der Waals surface area (Å²) in [6.07, 6.45) is 0.849. The van der Waals surface area contributed by atoms with E-state index in [4.69, 9.17) is 9.47 Å². The highest BCUT2D eigenvalue weighted by molar-refractivity contribution is 7.15. The van der Waals surface area contributed by atoms with Gasteiger partial charge in [-0.3, -0.25) is 14.0 Å². The zero-order chi connectivity index (χ0) is 23.5. The first-order valence-corrected chi connectivity index (χ1v) is 11.3. The van der Waals surface area contributed by atoms with E-state index < -0.39 is 36.2 Å². The molecule has 4 atom stereocenters. The van der Waals surface area contributed by atoms with E-state index in [-0.39, 0.29) is 23.6 Å². The molecule has 9 nitrogen and oxygen atoms in total. The number of aliphatic hydroxyl groups is 1. The Morgan fingerprint density at radius 1 is 1.31 bits per heavy atom. The molecule has 1 fully saturated rings. The van der Waals surface area contributed by atoms with Crippen molar-refractivity contribution in [2.24, 2.45) is 17.3 Å². The maximum atomic E-state index is 13.1. The Morgan fingerprint density at radius 2 is 2.00 bits per heavy atom. The smallest absolute Gasteiger partial charge is 0.358 e. The van der Waals surface area contributed by atoms with Crippen LogP contribution in [0.1, 0.15) is 46.0 Å². The minimum Gasteiger partial charge on any atom is -0.427 e. The SMILES string of the molecule is Cc1ncn2c(C3=C(C(=O)OCOC(=O)C(C)(C)C)N4C(=O)[C@H]([C@@H](C)O)[C@H]4[C@H]3C)csc12. The molecule has 32 heavy (non-hydrogen) atoms. The number of aromatic nitrogens is 2. The summed E-state index contributed by atoms with van der Waals surface area (Å²) in [5.41, 5.74) is 1.67. The summed E-state index contributed by atoms with van der Waals surface area (Å²) in [4.78, 5) is 44.7. The molecule has 0 aliphatic carbocycles. The van der Waals surface area contributed by atoms with E-state index in [9.17, 15) is 19.5 Å². The molecule has 0 radical (unpaired) electrons. The average Bonchev–Trinajstić information content (AvgIpc) is 3.33. The van der Waals surface area contributed by atoms with Crippen LogP contribution in [0.3, 0.4) is 0 Å². The molecular weight excluding hydrogens is 434 g/mol. The standard InChI is InChI=1S/C22H27N3O6S/c1-10-14(13-7-32-19-11(2)23-8-24(13)19)17(25-16(10)15(12(3)26)18(25)27)20(28)30-9-31-21(29)22(4,5)6/h7-8,10,12,15-16,26H,9H2,1-6H3/t10-,12+,15+,16+/m0/s1. The first kappa shape index (κ1) is 22.5. The molecule has 0 saturated carbocycles. The van der Waals surface area contributed by atoms with Crippen molar-refractivity contribution in [2.75, 3.05) is 6.79 Å². The van der Waals surface area contributed by atoms with Gasteiger partial charge in [-0.2, -0.15) is 0 Å². The maximum Gasteiger partial charge on any atom is 0.358 e. The molecular formula is C22H27N3O6S. The predicted octanol–water partition coefficient (Wildman–Crippen LogP) is 2.36. The summed E-state index contributed by atoms with van der Waals surface area (Å²) >= 11 is 1.50. The molecule has 1 saturated heterocycles. The number of β-lactam (4-membered cyclic amide) rings is 1. The van der Waals surface area contributed by atoms with Gasteiger partial charge in [0, 0.05) is 16.9 Å². The van der Waals surface area contributed by atoms with Gasteiger partial charge in [0.25, 0.3) is 0 Å². The first-order chi connectivity index (χ1) is 14.9. The van der Waals surface area contributed by atoms with Crippen molar-refractivity contribution in [3.8, 4) is 0 Å². The number of rotatable bonds is 5. The third-order valence-corrected chi connectivity index (χ3v) is 7.13. The minimum absolute atomic E-state index is 0.127. The van der Waals surface area contributed by atoms with E-state index in [0.717, 1.165) is 16.2 Å². The fourth-order valence-electron chi connectivity index (χ4n) is 4.42. The van der Waals surface area contributed by atoms with Crippen LogP contribution < -0.4 is 0 Å². The van der Waals surface area contributed by atoms with Crippen molar-refractivity contribution in [3.63, 3.8) is 0 Å². The van der Waals surface area contributed by atoms with Crippen LogP contribution in [0.2, 0.25) is 0 Å². The average molecular weight is 462 g/mol. The zero-order valence-electron chi connectivity index (χ0n) is 18.9. The molecule has 0 unspecified atom stereocenters. The van der Waals surface area contributed by atoms with Gasteiger partial charge in [-0.05, 0) is 34.6 Å². The number of carbonyl (C=O) groups is 3. The van der Waals surface area contributed by atoms with Crippen molar-refractivity contribution < 1.29 is 29.0 Å². The third kappa shape index (κ3) is 3.32. The first-order valence-electron chi connectivity index (χ1n) is 10.5. The predicted molar refractivity (Wildman–Crippen MR) is 116 cm³/mol. The van der Waals surface area contributed by atoms with Crippen molar-refractivity contribution in [3.05, 3.63) is 28.8 Å². The van der Waals surface area contributed by atoms with Gasteiger partial charge in [-0.15, -0.1) is 11.3 Å². The highest BCUT2D eigenvalue weighted by Crippen LogP contribution is 2.51. The second-order valence-electron chi connectivity index (χ2n) is 9.37. The number of thiazole rings is 1. The normalized spacial score (nSPS) is 23.9. The number of esters is 2. The molecule has 0 bridgehead atoms. The van der Waals surface area contributed by atoms with E-state index in [2.05, 4.69) is 4.98 Å². The Hall–Kier alpha value is -2.72. The summed E-state index contributed by atoms with van der Waals surface area (Å²) in [7, 11) is 0.